The van der Waals surface area contributed by atoms with Crippen molar-refractivity contribution in [3.63, 3.8) is 0 Å². The molecule has 0 bridgehead atoms. The minimum absolute atomic E-state index is 0.380. The smallest absolute Gasteiger partial charge is 0.471 e. The first-order valence-corrected chi connectivity index (χ1v) is 9.06. The van der Waals surface area contributed by atoms with Gasteiger partial charge < -0.3 is 10.4 Å². The van der Waals surface area contributed by atoms with Crippen molar-refractivity contribution in [1.29, 1.82) is 0 Å². The van der Waals surface area contributed by atoms with Crippen LogP contribution < -0.4 is 5.32 Å². The molecular formula is C19H18F3NO3S. The Bertz CT molecular complexity index is 779. The second-order valence-electron chi connectivity index (χ2n) is 5.92. The molecule has 0 unspecified atom stereocenters. The lowest BCUT2D eigenvalue weighted by molar-refractivity contribution is -0.175. The molecule has 0 spiro atoms. The van der Waals surface area contributed by atoms with Crippen molar-refractivity contribution >= 4 is 23.6 Å². The zero-order chi connectivity index (χ0) is 20.0. The fourth-order valence-electron chi connectivity index (χ4n) is 2.39. The van der Waals surface area contributed by atoms with Crippen molar-refractivity contribution in [3.8, 4) is 0 Å². The van der Waals surface area contributed by atoms with Crippen LogP contribution >= 0.6 is 11.8 Å². The van der Waals surface area contributed by atoms with Gasteiger partial charge in [0.15, 0.2) is 0 Å². The molecule has 0 saturated carbocycles. The highest BCUT2D eigenvalue weighted by Gasteiger charge is 2.43. The fraction of sp³-hybridized carbons (Fsp3) is 0.263. The molecule has 0 radical (unpaired) electrons. The van der Waals surface area contributed by atoms with E-state index in [4.69, 9.17) is 0 Å². The topological polar surface area (TPSA) is 66.4 Å². The summed E-state index contributed by atoms with van der Waals surface area (Å²) in [6.07, 6.45) is -5.16. The van der Waals surface area contributed by atoms with Gasteiger partial charge in [-0.15, -0.1) is 11.8 Å². The molecule has 0 saturated heterocycles. The Labute approximate surface area is 158 Å². The van der Waals surface area contributed by atoms with Crippen LogP contribution in [0.1, 0.15) is 21.9 Å². The van der Waals surface area contributed by atoms with Gasteiger partial charge in [-0.25, -0.2) is 4.79 Å². The number of thioether (sulfide) groups is 1. The van der Waals surface area contributed by atoms with Crippen molar-refractivity contribution < 1.29 is 27.9 Å². The van der Waals surface area contributed by atoms with Crippen LogP contribution in [0.3, 0.4) is 0 Å². The van der Waals surface area contributed by atoms with Gasteiger partial charge in [-0.2, -0.15) is 13.2 Å². The maximum absolute atomic E-state index is 12.6. The SMILES string of the molecule is Cc1ccc(CS[C@@H](c2ccccc2)[C@@H](NC(=O)C(F)(F)F)C(=O)O)cc1. The number of rotatable bonds is 7. The average Bonchev–Trinajstić information content (AvgIpc) is 2.62. The van der Waals surface area contributed by atoms with Gasteiger partial charge in [0.1, 0.15) is 6.04 Å². The zero-order valence-electron chi connectivity index (χ0n) is 14.4. The van der Waals surface area contributed by atoms with Crippen LogP contribution in [0.5, 0.6) is 0 Å². The summed E-state index contributed by atoms with van der Waals surface area (Å²) in [6.45, 7) is 1.93. The molecule has 8 heteroatoms. The van der Waals surface area contributed by atoms with Crippen LogP contribution in [0.25, 0.3) is 0 Å². The quantitative estimate of drug-likeness (QED) is 0.738. The number of aryl methyl sites for hydroxylation is 1. The highest BCUT2D eigenvalue weighted by molar-refractivity contribution is 7.98. The minimum atomic E-state index is -5.16. The Hall–Kier alpha value is -2.48. The lowest BCUT2D eigenvalue weighted by Crippen LogP contribution is -2.49. The lowest BCUT2D eigenvalue weighted by Gasteiger charge is -2.25. The molecule has 2 aromatic carbocycles. The number of benzene rings is 2. The van der Waals surface area contributed by atoms with Crippen LogP contribution in [-0.4, -0.2) is 29.2 Å². The number of amides is 1. The third-order valence-electron chi connectivity index (χ3n) is 3.79. The van der Waals surface area contributed by atoms with Gasteiger partial charge in [-0.05, 0) is 18.1 Å². The molecule has 1 amide bonds. The van der Waals surface area contributed by atoms with E-state index in [1.54, 1.807) is 35.6 Å². The van der Waals surface area contributed by atoms with Crippen LogP contribution in [0, 0.1) is 6.92 Å². The van der Waals surface area contributed by atoms with Gasteiger partial charge in [0.25, 0.3) is 0 Å². The predicted molar refractivity (Wildman–Crippen MR) is 97.3 cm³/mol. The summed E-state index contributed by atoms with van der Waals surface area (Å²) in [7, 11) is 0. The first-order chi connectivity index (χ1) is 12.7. The third kappa shape index (κ3) is 6.02. The molecule has 0 fully saturated rings. The molecule has 144 valence electrons. The van der Waals surface area contributed by atoms with Crippen molar-refractivity contribution in [3.05, 3.63) is 71.3 Å². The van der Waals surface area contributed by atoms with Gasteiger partial charge in [-0.3, -0.25) is 4.79 Å². The molecule has 0 heterocycles. The third-order valence-corrected chi connectivity index (χ3v) is 5.19. The van der Waals surface area contributed by atoms with E-state index in [-0.39, 0.29) is 0 Å². The molecule has 0 aliphatic carbocycles. The first-order valence-electron chi connectivity index (χ1n) is 8.01. The van der Waals surface area contributed by atoms with Crippen LogP contribution in [0.4, 0.5) is 13.2 Å². The summed E-state index contributed by atoms with van der Waals surface area (Å²) in [5.41, 5.74) is 2.48. The Morgan fingerprint density at radius 2 is 1.67 bits per heavy atom. The molecule has 4 nitrogen and oxygen atoms in total. The molecule has 27 heavy (non-hydrogen) atoms. The molecular weight excluding hydrogens is 379 g/mol. The number of aliphatic carboxylic acids is 1. The molecule has 0 aromatic heterocycles. The number of hydrogen-bond acceptors (Lipinski definition) is 3. The number of carboxylic acid groups (broad SMARTS) is 1. The maximum Gasteiger partial charge on any atom is 0.471 e. The second-order valence-corrected chi connectivity index (χ2v) is 7.04. The summed E-state index contributed by atoms with van der Waals surface area (Å²) < 4.78 is 37.8. The van der Waals surface area contributed by atoms with Crippen LogP contribution in [0.15, 0.2) is 54.6 Å². The number of nitrogens with one attached hydrogen (secondary N) is 1. The van der Waals surface area contributed by atoms with Crippen LogP contribution in [0.2, 0.25) is 0 Å². The van der Waals surface area contributed by atoms with Crippen LogP contribution in [-0.2, 0) is 15.3 Å². The monoisotopic (exact) mass is 397 g/mol. The summed E-state index contributed by atoms with van der Waals surface area (Å²) in [5, 5.41) is 10.2. The largest absolute Gasteiger partial charge is 0.480 e. The van der Waals surface area contributed by atoms with E-state index in [0.717, 1.165) is 22.9 Å². The normalized spacial score (nSPS) is 13.6. The van der Waals surface area contributed by atoms with Gasteiger partial charge >= 0.3 is 18.1 Å². The summed E-state index contributed by atoms with van der Waals surface area (Å²) >= 11 is 1.16. The zero-order valence-corrected chi connectivity index (χ0v) is 15.2. The molecule has 0 aliphatic heterocycles. The molecule has 2 rings (SSSR count). The van der Waals surface area contributed by atoms with E-state index >= 15 is 0 Å². The van der Waals surface area contributed by atoms with E-state index in [9.17, 15) is 27.9 Å². The number of hydrogen-bond donors (Lipinski definition) is 2. The fourth-order valence-corrected chi connectivity index (χ4v) is 3.68. The van der Waals surface area contributed by atoms with Crippen molar-refractivity contribution in [1.82, 2.24) is 5.32 Å². The van der Waals surface area contributed by atoms with Crippen molar-refractivity contribution in [2.24, 2.45) is 0 Å². The van der Waals surface area contributed by atoms with Crippen molar-refractivity contribution in [2.75, 3.05) is 0 Å². The number of carbonyl (C=O) groups excluding carboxylic acids is 1. The van der Waals surface area contributed by atoms with Gasteiger partial charge in [0.2, 0.25) is 0 Å². The Morgan fingerprint density at radius 3 is 2.19 bits per heavy atom. The van der Waals surface area contributed by atoms with Gasteiger partial charge in [0.05, 0.1) is 5.25 Å². The van der Waals surface area contributed by atoms with E-state index in [1.807, 2.05) is 31.2 Å². The molecule has 2 aromatic rings. The summed E-state index contributed by atoms with van der Waals surface area (Å²) in [5.74, 6) is -3.42. The highest BCUT2D eigenvalue weighted by Crippen LogP contribution is 2.35. The van der Waals surface area contributed by atoms with Crippen molar-refractivity contribution in [2.45, 2.75) is 30.1 Å². The molecule has 0 aliphatic rings. The van der Waals surface area contributed by atoms with E-state index < -0.39 is 29.3 Å². The number of carboxylic acids is 1. The summed E-state index contributed by atoms with van der Waals surface area (Å²) in [4.78, 5) is 23.0. The second kappa shape index (κ2) is 8.94. The Kier molecular flexibility index (Phi) is 6.90. The predicted octanol–water partition coefficient (Wildman–Crippen LogP) is 4.10. The average molecular weight is 397 g/mol. The van der Waals surface area contributed by atoms with Gasteiger partial charge in [-0.1, -0.05) is 60.2 Å². The lowest BCUT2D eigenvalue weighted by atomic mass is 10.1. The molecule has 2 atom stereocenters. The highest BCUT2D eigenvalue weighted by atomic mass is 32.2. The standard InChI is InChI=1S/C19H18F3NO3S/c1-12-7-9-13(10-8-12)11-27-16(14-5-3-2-4-6-14)15(17(24)25)23-18(26)19(20,21)22/h2-10,15-16H,11H2,1H3,(H,23,26)(H,24,25)/t15-,16+/m1/s1. The van der Waals surface area contributed by atoms with E-state index in [2.05, 4.69) is 0 Å². The Morgan fingerprint density at radius 1 is 1.07 bits per heavy atom. The number of alkyl halides is 3. The Balaban J connectivity index is 2.27. The first kappa shape index (κ1) is 20.8. The molecule has 2 N–H and O–H groups in total. The minimum Gasteiger partial charge on any atom is -0.480 e. The number of carbonyl (C=O) groups is 2. The summed E-state index contributed by atoms with van der Waals surface area (Å²) in [6, 6.07) is 14.1. The van der Waals surface area contributed by atoms with E-state index in [1.165, 1.54) is 0 Å². The number of halogens is 3. The maximum atomic E-state index is 12.6. The van der Waals surface area contributed by atoms with E-state index in [0.29, 0.717) is 11.3 Å². The van der Waals surface area contributed by atoms with Gasteiger partial charge in [0, 0.05) is 5.75 Å².